The molecule has 2 aromatic rings. The van der Waals surface area contributed by atoms with Crippen LogP contribution in [0.25, 0.3) is 11.4 Å². The number of pyridine rings is 1. The largest absolute Gasteiger partial charge is 0.383 e. The molecule has 1 N–H and O–H groups in total. The number of nitrogens with one attached hydrogen (secondary N) is 1. The molecule has 0 spiro atoms. The van der Waals surface area contributed by atoms with Gasteiger partial charge in [-0.1, -0.05) is 12.1 Å². The highest BCUT2D eigenvalue weighted by Gasteiger charge is 2.15. The number of amides is 1. The Labute approximate surface area is 146 Å². The van der Waals surface area contributed by atoms with Gasteiger partial charge in [-0.3, -0.25) is 9.59 Å². The fourth-order valence-corrected chi connectivity index (χ4v) is 2.41. The zero-order valence-electron chi connectivity index (χ0n) is 14.9. The minimum absolute atomic E-state index is 0.113. The number of carbonyl (C=O) groups excluding carboxylic acids is 1. The van der Waals surface area contributed by atoms with Gasteiger partial charge in [-0.2, -0.15) is 4.98 Å². The normalized spacial score (nSPS) is 10.8. The van der Waals surface area contributed by atoms with E-state index in [1.54, 1.807) is 17.7 Å². The third kappa shape index (κ3) is 4.99. The van der Waals surface area contributed by atoms with Gasteiger partial charge >= 0.3 is 0 Å². The Balaban J connectivity index is 2.05. The Hall–Kier alpha value is -2.48. The average molecular weight is 348 g/mol. The quantitative estimate of drug-likeness (QED) is 0.686. The van der Waals surface area contributed by atoms with Crippen molar-refractivity contribution in [1.82, 2.24) is 20.0 Å². The van der Waals surface area contributed by atoms with Gasteiger partial charge in [0, 0.05) is 38.7 Å². The fraction of sp³-hybridized carbons (Fsp3) is 0.529. The first-order chi connectivity index (χ1) is 12.1. The molecule has 136 valence electrons. The van der Waals surface area contributed by atoms with Gasteiger partial charge in [0.05, 0.1) is 12.2 Å². The Morgan fingerprint density at radius 1 is 1.40 bits per heavy atom. The first-order valence-corrected chi connectivity index (χ1v) is 8.35. The van der Waals surface area contributed by atoms with Gasteiger partial charge in [0.1, 0.15) is 0 Å². The molecule has 0 bridgehead atoms. The third-order valence-corrected chi connectivity index (χ3v) is 3.74. The Kier molecular flexibility index (Phi) is 6.88. The number of aromatic nitrogens is 3. The zero-order valence-corrected chi connectivity index (χ0v) is 14.9. The molecule has 2 rings (SSSR count). The molecule has 0 aliphatic carbocycles. The van der Waals surface area contributed by atoms with E-state index in [0.29, 0.717) is 37.6 Å². The van der Waals surface area contributed by atoms with Crippen LogP contribution in [0, 0.1) is 6.92 Å². The maximum absolute atomic E-state index is 12.6. The van der Waals surface area contributed by atoms with E-state index in [0.717, 1.165) is 12.1 Å². The first kappa shape index (κ1) is 18.9. The van der Waals surface area contributed by atoms with Gasteiger partial charge in [-0.05, 0) is 25.5 Å². The fourth-order valence-electron chi connectivity index (χ4n) is 2.41. The molecule has 0 atom stereocenters. The highest BCUT2D eigenvalue weighted by atomic mass is 16.5. The lowest BCUT2D eigenvalue weighted by Gasteiger charge is -2.09. The second-order valence-corrected chi connectivity index (χ2v) is 5.70. The molecule has 0 aliphatic heterocycles. The highest BCUT2D eigenvalue weighted by molar-refractivity contribution is 5.76. The monoisotopic (exact) mass is 348 g/mol. The number of rotatable bonds is 9. The van der Waals surface area contributed by atoms with Gasteiger partial charge in [0.25, 0.3) is 5.56 Å². The molecule has 0 saturated carbocycles. The first-order valence-electron chi connectivity index (χ1n) is 8.35. The molecular weight excluding hydrogens is 324 g/mol. The summed E-state index contributed by atoms with van der Waals surface area (Å²) < 4.78 is 11.7. The predicted octanol–water partition coefficient (Wildman–Crippen LogP) is 1.31. The summed E-state index contributed by atoms with van der Waals surface area (Å²) in [5, 5.41) is 6.60. The number of nitrogens with zero attached hydrogens (tertiary/aromatic N) is 3. The van der Waals surface area contributed by atoms with Gasteiger partial charge in [-0.25, -0.2) is 0 Å². The summed E-state index contributed by atoms with van der Waals surface area (Å²) in [6.07, 6.45) is 1.42. The van der Waals surface area contributed by atoms with Gasteiger partial charge in [-0.15, -0.1) is 0 Å². The molecule has 0 aromatic carbocycles. The van der Waals surface area contributed by atoms with E-state index in [-0.39, 0.29) is 23.7 Å². The lowest BCUT2D eigenvalue weighted by Crippen LogP contribution is -2.27. The number of carbonyl (C=O) groups is 1. The minimum Gasteiger partial charge on any atom is -0.383 e. The molecule has 2 heterocycles. The van der Waals surface area contributed by atoms with E-state index in [4.69, 9.17) is 9.26 Å². The van der Waals surface area contributed by atoms with Crippen molar-refractivity contribution >= 4 is 5.91 Å². The highest BCUT2D eigenvalue weighted by Crippen LogP contribution is 2.13. The lowest BCUT2D eigenvalue weighted by molar-refractivity contribution is -0.121. The van der Waals surface area contributed by atoms with Crippen LogP contribution in [0.3, 0.4) is 0 Å². The van der Waals surface area contributed by atoms with Crippen LogP contribution < -0.4 is 10.9 Å². The topological polar surface area (TPSA) is 99.2 Å². The summed E-state index contributed by atoms with van der Waals surface area (Å²) in [5.74, 6) is 0.473. The van der Waals surface area contributed by atoms with Crippen LogP contribution >= 0.6 is 0 Å². The van der Waals surface area contributed by atoms with Crippen LogP contribution in [-0.4, -0.2) is 40.9 Å². The van der Waals surface area contributed by atoms with Crippen LogP contribution in [0.5, 0.6) is 0 Å². The van der Waals surface area contributed by atoms with Crippen LogP contribution in [0.15, 0.2) is 21.5 Å². The molecule has 0 saturated heterocycles. The lowest BCUT2D eigenvalue weighted by atomic mass is 10.2. The van der Waals surface area contributed by atoms with E-state index in [2.05, 4.69) is 15.5 Å². The van der Waals surface area contributed by atoms with Gasteiger partial charge in [0.15, 0.2) is 0 Å². The molecule has 0 fully saturated rings. The maximum Gasteiger partial charge on any atom is 0.261 e. The molecule has 8 heteroatoms. The molecular formula is C17H24N4O4. The number of hydrogen-bond donors (Lipinski definition) is 1. The van der Waals surface area contributed by atoms with E-state index < -0.39 is 0 Å². The van der Waals surface area contributed by atoms with Crippen molar-refractivity contribution in [2.75, 3.05) is 20.3 Å². The Morgan fingerprint density at radius 2 is 2.20 bits per heavy atom. The number of ether oxygens (including phenoxy) is 1. The van der Waals surface area contributed by atoms with Crippen LogP contribution in [0.1, 0.15) is 31.4 Å². The molecule has 0 unspecified atom stereocenters. The van der Waals surface area contributed by atoms with Crippen molar-refractivity contribution in [2.45, 2.75) is 39.7 Å². The van der Waals surface area contributed by atoms with Gasteiger partial charge in [0.2, 0.25) is 17.6 Å². The zero-order chi connectivity index (χ0) is 18.2. The summed E-state index contributed by atoms with van der Waals surface area (Å²) in [7, 11) is 1.58. The summed E-state index contributed by atoms with van der Waals surface area (Å²) >= 11 is 0. The molecule has 8 nitrogen and oxygen atoms in total. The summed E-state index contributed by atoms with van der Waals surface area (Å²) in [5.41, 5.74) is 1.16. The number of methoxy groups -OCH3 is 1. The van der Waals surface area contributed by atoms with E-state index in [9.17, 15) is 9.59 Å². The summed E-state index contributed by atoms with van der Waals surface area (Å²) in [6.45, 7) is 5.48. The van der Waals surface area contributed by atoms with Crippen LogP contribution in [0.2, 0.25) is 0 Å². The smallest absolute Gasteiger partial charge is 0.261 e. The second-order valence-electron chi connectivity index (χ2n) is 5.70. The van der Waals surface area contributed by atoms with E-state index in [1.807, 2.05) is 19.9 Å². The van der Waals surface area contributed by atoms with Crippen molar-refractivity contribution in [2.24, 2.45) is 0 Å². The Morgan fingerprint density at radius 3 is 2.92 bits per heavy atom. The van der Waals surface area contributed by atoms with E-state index in [1.165, 1.54) is 0 Å². The summed E-state index contributed by atoms with van der Waals surface area (Å²) in [4.78, 5) is 28.5. The standard InChI is InChI=1S/C17H24N4O4/c1-4-10-21-12(2)5-6-13(17(21)23)16-19-15(25-20-16)8-7-14(22)18-9-11-24-3/h5-6H,4,7-11H2,1-3H3,(H,18,22). The molecule has 1 amide bonds. The molecule has 0 radical (unpaired) electrons. The third-order valence-electron chi connectivity index (χ3n) is 3.74. The molecule has 2 aromatic heterocycles. The number of hydrogen-bond acceptors (Lipinski definition) is 6. The van der Waals surface area contributed by atoms with Crippen LogP contribution in [-0.2, 0) is 22.5 Å². The van der Waals surface area contributed by atoms with Crippen molar-refractivity contribution in [3.63, 3.8) is 0 Å². The van der Waals surface area contributed by atoms with Crippen molar-refractivity contribution in [3.8, 4) is 11.4 Å². The van der Waals surface area contributed by atoms with Crippen molar-refractivity contribution < 1.29 is 14.1 Å². The van der Waals surface area contributed by atoms with Crippen molar-refractivity contribution in [1.29, 1.82) is 0 Å². The summed E-state index contributed by atoms with van der Waals surface area (Å²) in [6, 6.07) is 3.57. The predicted molar refractivity (Wildman–Crippen MR) is 92.2 cm³/mol. The van der Waals surface area contributed by atoms with Gasteiger partial charge < -0.3 is 19.1 Å². The molecule has 25 heavy (non-hydrogen) atoms. The SMILES string of the molecule is CCCn1c(C)ccc(-c2noc(CCC(=O)NCCOC)n2)c1=O. The average Bonchev–Trinajstić information content (AvgIpc) is 3.06. The minimum atomic E-state index is -0.133. The molecule has 0 aliphatic rings. The second kappa shape index (κ2) is 9.12. The Bertz CT molecular complexity index is 766. The maximum atomic E-state index is 12.6. The van der Waals surface area contributed by atoms with Crippen molar-refractivity contribution in [3.05, 3.63) is 34.1 Å². The van der Waals surface area contributed by atoms with Crippen LogP contribution in [0.4, 0.5) is 0 Å². The van der Waals surface area contributed by atoms with E-state index >= 15 is 0 Å². The number of aryl methyl sites for hydroxylation is 2.